The molecule has 13 heavy (non-hydrogen) atoms. The zero-order chi connectivity index (χ0) is 9.84. The van der Waals surface area contributed by atoms with Gasteiger partial charge in [0.25, 0.3) is 0 Å². The first kappa shape index (κ1) is 10.6. The van der Waals surface area contributed by atoms with E-state index in [-0.39, 0.29) is 5.37 Å². The van der Waals surface area contributed by atoms with Gasteiger partial charge in [0, 0.05) is 6.54 Å². The van der Waals surface area contributed by atoms with E-state index in [2.05, 4.69) is 12.6 Å². The topological polar surface area (TPSA) is 87.6 Å². The monoisotopic (exact) mass is 205 g/mol. The lowest BCUT2D eigenvalue weighted by molar-refractivity contribution is -0.0141. The molecule has 1 unspecified atom stereocenters. The van der Waals surface area contributed by atoms with E-state index in [1.807, 2.05) is 5.43 Å². The molecule has 0 aromatic heterocycles. The number of urea groups is 1. The van der Waals surface area contributed by atoms with Gasteiger partial charge in [0.1, 0.15) is 0 Å². The summed E-state index contributed by atoms with van der Waals surface area (Å²) in [5.74, 6) is 10.5. The highest BCUT2D eigenvalue weighted by molar-refractivity contribution is 7.80. The Balaban J connectivity index is 2.53. The van der Waals surface area contributed by atoms with E-state index in [0.717, 1.165) is 30.9 Å². The van der Waals surface area contributed by atoms with Gasteiger partial charge in [-0.25, -0.2) is 16.5 Å². The molecule has 1 aliphatic rings. The fourth-order valence-electron chi connectivity index (χ4n) is 1.33. The van der Waals surface area contributed by atoms with Crippen molar-refractivity contribution in [2.45, 2.75) is 24.6 Å². The van der Waals surface area contributed by atoms with E-state index in [9.17, 15) is 4.79 Å². The highest BCUT2D eigenvalue weighted by atomic mass is 32.1. The van der Waals surface area contributed by atoms with E-state index in [0.29, 0.717) is 0 Å². The van der Waals surface area contributed by atoms with Crippen molar-refractivity contribution in [1.29, 1.82) is 0 Å². The van der Waals surface area contributed by atoms with Crippen LogP contribution >= 0.6 is 12.6 Å². The SMILES string of the molecule is NNC(=O)N(N)N1CCCCC1S. The van der Waals surface area contributed by atoms with Gasteiger partial charge in [0.15, 0.2) is 0 Å². The van der Waals surface area contributed by atoms with Gasteiger partial charge in [-0.1, -0.05) is 0 Å². The fraction of sp³-hybridized carbons (Fsp3) is 0.833. The summed E-state index contributed by atoms with van der Waals surface area (Å²) in [6.45, 7) is 0.734. The summed E-state index contributed by atoms with van der Waals surface area (Å²) in [6.07, 6.45) is 3.06. The summed E-state index contributed by atoms with van der Waals surface area (Å²) in [5.41, 5.74) is 1.97. The Bertz CT molecular complexity index is 190. The first-order chi connectivity index (χ1) is 6.16. The number of amides is 2. The maximum atomic E-state index is 11.0. The molecular formula is C6H15N5OS. The average molecular weight is 205 g/mol. The maximum Gasteiger partial charge on any atom is 0.360 e. The molecule has 0 spiro atoms. The zero-order valence-electron chi connectivity index (χ0n) is 7.31. The second-order valence-corrected chi connectivity index (χ2v) is 3.53. The third kappa shape index (κ3) is 2.47. The second kappa shape index (κ2) is 4.66. The van der Waals surface area contributed by atoms with Crippen molar-refractivity contribution in [3.05, 3.63) is 0 Å². The number of nitrogens with zero attached hydrogens (tertiary/aromatic N) is 2. The van der Waals surface area contributed by atoms with E-state index >= 15 is 0 Å². The minimum absolute atomic E-state index is 0.00366. The molecule has 0 saturated carbocycles. The van der Waals surface area contributed by atoms with Crippen molar-refractivity contribution >= 4 is 18.7 Å². The Morgan fingerprint density at radius 2 is 2.31 bits per heavy atom. The normalized spacial score (nSPS) is 24.1. The van der Waals surface area contributed by atoms with Crippen LogP contribution in [-0.4, -0.2) is 28.1 Å². The Morgan fingerprint density at radius 3 is 2.85 bits per heavy atom. The molecule has 5 N–H and O–H groups in total. The minimum Gasteiger partial charge on any atom is -0.274 e. The highest BCUT2D eigenvalue weighted by Crippen LogP contribution is 2.19. The zero-order valence-corrected chi connectivity index (χ0v) is 8.20. The van der Waals surface area contributed by atoms with Crippen LogP contribution in [0.2, 0.25) is 0 Å². The maximum absolute atomic E-state index is 11.0. The molecule has 1 rings (SSSR count). The third-order valence-electron chi connectivity index (χ3n) is 2.05. The molecule has 0 bridgehead atoms. The Hall–Kier alpha value is -0.500. The van der Waals surface area contributed by atoms with Gasteiger partial charge in [-0.2, -0.15) is 22.8 Å². The van der Waals surface area contributed by atoms with Crippen LogP contribution in [-0.2, 0) is 0 Å². The van der Waals surface area contributed by atoms with Crippen molar-refractivity contribution in [1.82, 2.24) is 15.6 Å². The van der Waals surface area contributed by atoms with Crippen LogP contribution in [0, 0.1) is 0 Å². The summed E-state index contributed by atoms with van der Waals surface area (Å²) in [7, 11) is 0. The van der Waals surface area contributed by atoms with Gasteiger partial charge in [0.05, 0.1) is 5.37 Å². The van der Waals surface area contributed by atoms with Gasteiger partial charge in [0.2, 0.25) is 0 Å². The summed E-state index contributed by atoms with van der Waals surface area (Å²) in [5, 5.41) is 2.67. The smallest absolute Gasteiger partial charge is 0.274 e. The van der Waals surface area contributed by atoms with Crippen molar-refractivity contribution in [2.24, 2.45) is 11.7 Å². The van der Waals surface area contributed by atoms with Crippen LogP contribution in [0.25, 0.3) is 0 Å². The number of nitrogens with one attached hydrogen (secondary N) is 1. The van der Waals surface area contributed by atoms with Crippen LogP contribution in [0.1, 0.15) is 19.3 Å². The van der Waals surface area contributed by atoms with Gasteiger partial charge >= 0.3 is 6.03 Å². The standard InChI is InChI=1S/C6H15N5OS/c7-9-6(12)11(8)10-4-2-1-3-5(10)13/h5,13H,1-4,7-8H2,(H,9,12). The number of hydrogen-bond donors (Lipinski definition) is 4. The quantitative estimate of drug-likeness (QED) is 0.199. The van der Waals surface area contributed by atoms with Crippen LogP contribution < -0.4 is 17.1 Å². The molecule has 0 aliphatic carbocycles. The second-order valence-electron chi connectivity index (χ2n) is 2.93. The molecular weight excluding hydrogens is 190 g/mol. The number of rotatable bonds is 1. The Morgan fingerprint density at radius 1 is 1.62 bits per heavy atom. The lowest BCUT2D eigenvalue weighted by Crippen LogP contribution is -2.59. The highest BCUT2D eigenvalue weighted by Gasteiger charge is 2.25. The van der Waals surface area contributed by atoms with Gasteiger partial charge in [-0.15, -0.1) is 0 Å². The van der Waals surface area contributed by atoms with Crippen LogP contribution in [0.3, 0.4) is 0 Å². The Labute approximate surface area is 82.5 Å². The number of piperidine rings is 1. The molecule has 1 heterocycles. The van der Waals surface area contributed by atoms with E-state index in [4.69, 9.17) is 11.7 Å². The number of thiol groups is 1. The van der Waals surface area contributed by atoms with Crippen LogP contribution in [0.15, 0.2) is 0 Å². The summed E-state index contributed by atoms with van der Waals surface area (Å²) < 4.78 is 0. The third-order valence-corrected chi connectivity index (χ3v) is 2.58. The number of hydrazine groups is 3. The number of nitrogens with two attached hydrogens (primary N) is 2. The van der Waals surface area contributed by atoms with Crippen molar-refractivity contribution in [3.63, 3.8) is 0 Å². The van der Waals surface area contributed by atoms with Gasteiger partial charge in [-0.05, 0) is 19.3 Å². The summed E-state index contributed by atoms with van der Waals surface area (Å²) >= 11 is 4.31. The summed E-state index contributed by atoms with van der Waals surface area (Å²) in [6, 6.07) is -0.527. The molecule has 1 fully saturated rings. The first-order valence-corrected chi connectivity index (χ1v) is 4.68. The molecule has 76 valence electrons. The molecule has 2 amide bonds. The molecule has 0 radical (unpaired) electrons. The predicted molar refractivity (Wildman–Crippen MR) is 52.1 cm³/mol. The lowest BCUT2D eigenvalue weighted by atomic mass is 10.2. The van der Waals surface area contributed by atoms with Crippen LogP contribution in [0.4, 0.5) is 4.79 Å². The molecule has 0 aromatic carbocycles. The number of hydrogen-bond acceptors (Lipinski definition) is 5. The molecule has 7 heteroatoms. The first-order valence-electron chi connectivity index (χ1n) is 4.17. The average Bonchev–Trinajstić information content (AvgIpc) is 2.16. The van der Waals surface area contributed by atoms with Crippen molar-refractivity contribution < 1.29 is 4.79 Å². The van der Waals surface area contributed by atoms with E-state index in [1.165, 1.54) is 0 Å². The van der Waals surface area contributed by atoms with E-state index in [1.54, 1.807) is 5.01 Å². The largest absolute Gasteiger partial charge is 0.360 e. The molecule has 0 aromatic rings. The molecule has 1 aliphatic heterocycles. The van der Waals surface area contributed by atoms with Gasteiger partial charge in [-0.3, -0.25) is 5.43 Å². The molecule has 1 atom stereocenters. The van der Waals surface area contributed by atoms with Crippen molar-refractivity contribution in [3.8, 4) is 0 Å². The van der Waals surface area contributed by atoms with Gasteiger partial charge < -0.3 is 0 Å². The molecule has 1 saturated heterocycles. The van der Waals surface area contributed by atoms with E-state index < -0.39 is 6.03 Å². The van der Waals surface area contributed by atoms with Crippen molar-refractivity contribution in [2.75, 3.05) is 6.54 Å². The summed E-state index contributed by atoms with van der Waals surface area (Å²) in [4.78, 5) is 11.0. The van der Waals surface area contributed by atoms with Crippen LogP contribution in [0.5, 0.6) is 0 Å². The lowest BCUT2D eigenvalue weighted by Gasteiger charge is -2.37. The minimum atomic E-state index is -0.527. The number of carbonyl (C=O) groups is 1. The predicted octanol–water partition coefficient (Wildman–Crippen LogP) is -0.598. The Kier molecular flexibility index (Phi) is 3.79. The molecule has 6 nitrogen and oxygen atoms in total. The number of carbonyl (C=O) groups excluding carboxylic acids is 1. The fourth-order valence-corrected chi connectivity index (χ4v) is 1.74.